The molecule has 106 valence electrons. The minimum Gasteiger partial charge on any atom is -0.469 e. The monoisotopic (exact) mass is 277 g/mol. The number of carbonyl (C=O) groups excluding carboxylic acids is 1. The van der Waals surface area contributed by atoms with Gasteiger partial charge in [0.15, 0.2) is 0 Å². The van der Waals surface area contributed by atoms with Gasteiger partial charge in [0.25, 0.3) is 0 Å². The molecule has 0 fully saturated rings. The van der Waals surface area contributed by atoms with Gasteiger partial charge in [-0.15, -0.1) is 0 Å². The maximum atomic E-state index is 13.4. The van der Waals surface area contributed by atoms with Crippen LogP contribution in [0.2, 0.25) is 0 Å². The molecular formula is C14H16FN3O2. The van der Waals surface area contributed by atoms with Crippen molar-refractivity contribution in [2.75, 3.05) is 25.1 Å². The van der Waals surface area contributed by atoms with E-state index in [1.165, 1.54) is 25.6 Å². The highest BCUT2D eigenvalue weighted by atomic mass is 19.1. The Bertz CT molecular complexity index is 618. The Morgan fingerprint density at radius 1 is 1.40 bits per heavy atom. The predicted molar refractivity (Wildman–Crippen MR) is 74.0 cm³/mol. The summed E-state index contributed by atoms with van der Waals surface area (Å²) in [5, 5.41) is 0.638. The van der Waals surface area contributed by atoms with Crippen molar-refractivity contribution in [1.29, 1.82) is 0 Å². The molecule has 1 heterocycles. The maximum Gasteiger partial charge on any atom is 0.307 e. The van der Waals surface area contributed by atoms with Crippen LogP contribution in [0, 0.1) is 5.82 Å². The number of benzene rings is 1. The van der Waals surface area contributed by atoms with Crippen LogP contribution < -0.4 is 4.90 Å². The van der Waals surface area contributed by atoms with Crippen LogP contribution in [0.4, 0.5) is 10.2 Å². The standard InChI is InChI=1S/C14H16FN3O2/c1-3-18(7-6-13(19)20-2)14-11-8-10(15)4-5-12(11)16-9-17-14/h4-5,8-9H,3,6-7H2,1-2H3. The fourth-order valence-corrected chi connectivity index (χ4v) is 2.01. The molecule has 20 heavy (non-hydrogen) atoms. The number of hydrogen-bond donors (Lipinski definition) is 0. The van der Waals surface area contributed by atoms with Crippen LogP contribution in [-0.2, 0) is 9.53 Å². The molecule has 2 aromatic rings. The Balaban J connectivity index is 2.33. The van der Waals surface area contributed by atoms with E-state index in [1.807, 2.05) is 11.8 Å². The van der Waals surface area contributed by atoms with Crippen LogP contribution in [0.25, 0.3) is 10.9 Å². The quantitative estimate of drug-likeness (QED) is 0.784. The average Bonchev–Trinajstić information content (AvgIpc) is 2.47. The summed E-state index contributed by atoms with van der Waals surface area (Å²) in [5.74, 6) is 0.00599. The van der Waals surface area contributed by atoms with E-state index in [9.17, 15) is 9.18 Å². The summed E-state index contributed by atoms with van der Waals surface area (Å²) in [6.45, 7) is 3.07. The molecule has 1 aromatic heterocycles. The molecule has 0 radical (unpaired) electrons. The Morgan fingerprint density at radius 2 is 2.20 bits per heavy atom. The second-order valence-electron chi connectivity index (χ2n) is 4.26. The molecule has 1 aromatic carbocycles. The molecule has 0 aliphatic heterocycles. The van der Waals surface area contributed by atoms with Gasteiger partial charge in [-0.3, -0.25) is 4.79 Å². The molecule has 2 rings (SSSR count). The third-order valence-electron chi connectivity index (χ3n) is 3.07. The smallest absolute Gasteiger partial charge is 0.307 e. The molecule has 0 aliphatic carbocycles. The van der Waals surface area contributed by atoms with E-state index in [-0.39, 0.29) is 18.2 Å². The summed E-state index contributed by atoms with van der Waals surface area (Å²) < 4.78 is 18.0. The van der Waals surface area contributed by atoms with Crippen molar-refractivity contribution >= 4 is 22.7 Å². The molecule has 0 spiro atoms. The number of ether oxygens (including phenoxy) is 1. The molecule has 0 unspecified atom stereocenters. The van der Waals surface area contributed by atoms with E-state index in [0.717, 1.165) is 0 Å². The number of nitrogens with zero attached hydrogens (tertiary/aromatic N) is 3. The van der Waals surface area contributed by atoms with Gasteiger partial charge in [0.05, 0.1) is 19.0 Å². The lowest BCUT2D eigenvalue weighted by atomic mass is 10.2. The topological polar surface area (TPSA) is 55.3 Å². The van der Waals surface area contributed by atoms with Crippen molar-refractivity contribution in [2.45, 2.75) is 13.3 Å². The van der Waals surface area contributed by atoms with Crippen LogP contribution in [0.1, 0.15) is 13.3 Å². The normalized spacial score (nSPS) is 10.6. The fraction of sp³-hybridized carbons (Fsp3) is 0.357. The van der Waals surface area contributed by atoms with Crippen molar-refractivity contribution in [1.82, 2.24) is 9.97 Å². The first-order valence-electron chi connectivity index (χ1n) is 6.37. The van der Waals surface area contributed by atoms with E-state index in [1.54, 1.807) is 6.07 Å². The van der Waals surface area contributed by atoms with Crippen LogP contribution in [0.3, 0.4) is 0 Å². The van der Waals surface area contributed by atoms with Crippen LogP contribution >= 0.6 is 0 Å². The Labute approximate surface area is 116 Å². The van der Waals surface area contributed by atoms with Gasteiger partial charge in [0.1, 0.15) is 18.0 Å². The number of aromatic nitrogens is 2. The number of anilines is 1. The molecule has 5 nitrogen and oxygen atoms in total. The molecular weight excluding hydrogens is 261 g/mol. The zero-order valence-electron chi connectivity index (χ0n) is 11.5. The average molecular weight is 277 g/mol. The van der Waals surface area contributed by atoms with E-state index in [0.29, 0.717) is 29.8 Å². The van der Waals surface area contributed by atoms with Gasteiger partial charge in [-0.1, -0.05) is 0 Å². The van der Waals surface area contributed by atoms with Crippen molar-refractivity contribution < 1.29 is 13.9 Å². The van der Waals surface area contributed by atoms with Gasteiger partial charge in [-0.25, -0.2) is 14.4 Å². The second kappa shape index (κ2) is 6.27. The van der Waals surface area contributed by atoms with Crippen molar-refractivity contribution in [3.63, 3.8) is 0 Å². The SMILES string of the molecule is CCN(CCC(=O)OC)c1ncnc2ccc(F)cc12. The molecule has 0 aliphatic rings. The zero-order chi connectivity index (χ0) is 14.5. The molecule has 0 bridgehead atoms. The number of halogens is 1. The Hall–Kier alpha value is -2.24. The van der Waals surface area contributed by atoms with E-state index in [2.05, 4.69) is 14.7 Å². The molecule has 0 atom stereocenters. The van der Waals surface area contributed by atoms with Crippen molar-refractivity contribution in [2.24, 2.45) is 0 Å². The van der Waals surface area contributed by atoms with E-state index < -0.39 is 0 Å². The highest BCUT2D eigenvalue weighted by Crippen LogP contribution is 2.23. The fourth-order valence-electron chi connectivity index (χ4n) is 2.01. The predicted octanol–water partition coefficient (Wildman–Crippen LogP) is 2.16. The van der Waals surface area contributed by atoms with Gasteiger partial charge in [0.2, 0.25) is 0 Å². The number of rotatable bonds is 5. The van der Waals surface area contributed by atoms with Crippen molar-refractivity contribution in [3.05, 3.63) is 30.3 Å². The number of esters is 1. The third-order valence-corrected chi connectivity index (χ3v) is 3.07. The summed E-state index contributed by atoms with van der Waals surface area (Å²) >= 11 is 0. The highest BCUT2D eigenvalue weighted by Gasteiger charge is 2.13. The molecule has 0 saturated carbocycles. The lowest BCUT2D eigenvalue weighted by Gasteiger charge is -2.22. The first-order valence-corrected chi connectivity index (χ1v) is 6.37. The molecule has 0 amide bonds. The first kappa shape index (κ1) is 14.2. The number of hydrogen-bond acceptors (Lipinski definition) is 5. The summed E-state index contributed by atoms with van der Waals surface area (Å²) in [4.78, 5) is 21.5. The maximum absolute atomic E-state index is 13.4. The minimum atomic E-state index is -0.336. The number of fused-ring (bicyclic) bond motifs is 1. The molecule has 0 saturated heterocycles. The van der Waals surface area contributed by atoms with Crippen molar-refractivity contribution in [3.8, 4) is 0 Å². The third kappa shape index (κ3) is 3.01. The van der Waals surface area contributed by atoms with Gasteiger partial charge >= 0.3 is 5.97 Å². The van der Waals surface area contributed by atoms with Gasteiger partial charge in [-0.05, 0) is 25.1 Å². The molecule has 0 N–H and O–H groups in total. The Morgan fingerprint density at radius 3 is 2.90 bits per heavy atom. The summed E-state index contributed by atoms with van der Waals surface area (Å²) in [6.07, 6.45) is 1.70. The van der Waals surface area contributed by atoms with E-state index >= 15 is 0 Å². The summed E-state index contributed by atoms with van der Waals surface area (Å²) in [7, 11) is 1.36. The Kier molecular flexibility index (Phi) is 4.45. The van der Waals surface area contributed by atoms with Gasteiger partial charge < -0.3 is 9.64 Å². The number of methoxy groups -OCH3 is 1. The highest BCUT2D eigenvalue weighted by molar-refractivity contribution is 5.89. The lowest BCUT2D eigenvalue weighted by Crippen LogP contribution is -2.27. The second-order valence-corrected chi connectivity index (χ2v) is 4.26. The largest absolute Gasteiger partial charge is 0.469 e. The number of carbonyl (C=O) groups is 1. The summed E-state index contributed by atoms with van der Waals surface area (Å²) in [6, 6.07) is 4.39. The van der Waals surface area contributed by atoms with Crippen LogP contribution in [0.15, 0.2) is 24.5 Å². The van der Waals surface area contributed by atoms with Gasteiger partial charge in [0, 0.05) is 18.5 Å². The van der Waals surface area contributed by atoms with Crippen LogP contribution in [0.5, 0.6) is 0 Å². The minimum absolute atomic E-state index is 0.255. The molecule has 6 heteroatoms. The zero-order valence-corrected chi connectivity index (χ0v) is 11.5. The summed E-state index contributed by atoms with van der Waals surface area (Å²) in [5.41, 5.74) is 0.674. The van der Waals surface area contributed by atoms with Gasteiger partial charge in [-0.2, -0.15) is 0 Å². The lowest BCUT2D eigenvalue weighted by molar-refractivity contribution is -0.140. The first-order chi connectivity index (χ1) is 9.65. The van der Waals surface area contributed by atoms with E-state index in [4.69, 9.17) is 0 Å². The van der Waals surface area contributed by atoms with Crippen LogP contribution in [-0.4, -0.2) is 36.1 Å².